The molecule has 0 atom stereocenters. The molecule has 2 heterocycles. The van der Waals surface area contributed by atoms with Crippen LogP contribution in [0.2, 0.25) is 0 Å². The first kappa shape index (κ1) is 19.9. The molecule has 0 saturated heterocycles. The van der Waals surface area contributed by atoms with Gasteiger partial charge in [0.2, 0.25) is 0 Å². The highest BCUT2D eigenvalue weighted by molar-refractivity contribution is 5.94. The van der Waals surface area contributed by atoms with E-state index < -0.39 is 0 Å². The molecule has 28 heavy (non-hydrogen) atoms. The molecule has 0 bridgehead atoms. The fourth-order valence-electron chi connectivity index (χ4n) is 3.26. The topological polar surface area (TPSA) is 87.4 Å². The van der Waals surface area contributed by atoms with Crippen LogP contribution in [0.15, 0.2) is 29.3 Å². The highest BCUT2D eigenvalue weighted by atomic mass is 16.2. The predicted molar refractivity (Wildman–Crippen MR) is 109 cm³/mol. The molecule has 1 aliphatic rings. The Morgan fingerprint density at radius 3 is 2.93 bits per heavy atom. The molecule has 1 aromatic carbocycles. The molecular weight excluding hydrogens is 354 g/mol. The molecule has 0 spiro atoms. The van der Waals surface area contributed by atoms with Gasteiger partial charge in [0.05, 0.1) is 0 Å². The normalized spacial score (nSPS) is 13.3. The van der Waals surface area contributed by atoms with E-state index in [2.05, 4.69) is 30.4 Å². The fraction of sp³-hybridized carbons (Fsp3) is 0.500. The monoisotopic (exact) mass is 383 g/mol. The number of carbonyl (C=O) groups excluding carboxylic acids is 1. The van der Waals surface area contributed by atoms with Crippen LogP contribution in [0.4, 0.5) is 0 Å². The number of nitrogens with zero attached hydrogens (tertiary/aromatic N) is 5. The van der Waals surface area contributed by atoms with E-state index in [1.807, 2.05) is 31.2 Å². The SMILES string of the molecule is CCNC(=NCc1nnc2n1CCC2)NCCc1cccc(C(=O)N(C)C)c1. The average molecular weight is 384 g/mol. The molecule has 8 nitrogen and oxygen atoms in total. The Hall–Kier alpha value is -2.90. The lowest BCUT2D eigenvalue weighted by atomic mass is 10.1. The second-order valence-corrected chi connectivity index (χ2v) is 7.06. The summed E-state index contributed by atoms with van der Waals surface area (Å²) in [4.78, 5) is 18.3. The van der Waals surface area contributed by atoms with Gasteiger partial charge in [-0.15, -0.1) is 10.2 Å². The van der Waals surface area contributed by atoms with Gasteiger partial charge in [-0.05, 0) is 37.5 Å². The molecule has 1 aromatic heterocycles. The quantitative estimate of drug-likeness (QED) is 0.555. The van der Waals surface area contributed by atoms with Crippen LogP contribution in [-0.2, 0) is 25.9 Å². The van der Waals surface area contributed by atoms with Crippen molar-refractivity contribution in [3.05, 3.63) is 47.0 Å². The van der Waals surface area contributed by atoms with Crippen LogP contribution in [0, 0.1) is 0 Å². The molecule has 0 fully saturated rings. The summed E-state index contributed by atoms with van der Waals surface area (Å²) in [6, 6.07) is 7.77. The minimum atomic E-state index is 0.0190. The van der Waals surface area contributed by atoms with Gasteiger partial charge in [0.15, 0.2) is 11.8 Å². The Morgan fingerprint density at radius 2 is 2.14 bits per heavy atom. The largest absolute Gasteiger partial charge is 0.357 e. The minimum Gasteiger partial charge on any atom is -0.357 e. The van der Waals surface area contributed by atoms with Crippen LogP contribution in [-0.4, -0.2) is 58.7 Å². The third kappa shape index (κ3) is 4.88. The van der Waals surface area contributed by atoms with E-state index in [-0.39, 0.29) is 5.91 Å². The first-order valence-corrected chi connectivity index (χ1v) is 9.82. The summed E-state index contributed by atoms with van der Waals surface area (Å²) in [5, 5.41) is 15.1. The predicted octanol–water partition coefficient (Wildman–Crippen LogP) is 1.22. The highest BCUT2D eigenvalue weighted by Gasteiger charge is 2.16. The molecule has 8 heteroatoms. The van der Waals surface area contributed by atoms with Crippen molar-refractivity contribution >= 4 is 11.9 Å². The molecule has 0 saturated carbocycles. The lowest BCUT2D eigenvalue weighted by Gasteiger charge is -2.13. The second kappa shape index (κ2) is 9.34. The first-order valence-electron chi connectivity index (χ1n) is 9.82. The maximum Gasteiger partial charge on any atom is 0.253 e. The van der Waals surface area contributed by atoms with Crippen molar-refractivity contribution in [1.82, 2.24) is 30.3 Å². The first-order chi connectivity index (χ1) is 13.6. The van der Waals surface area contributed by atoms with Gasteiger partial charge < -0.3 is 20.1 Å². The Kier molecular flexibility index (Phi) is 6.62. The van der Waals surface area contributed by atoms with Crippen molar-refractivity contribution in [2.45, 2.75) is 39.3 Å². The number of nitrogens with one attached hydrogen (secondary N) is 2. The van der Waals surface area contributed by atoms with Crippen molar-refractivity contribution in [3.63, 3.8) is 0 Å². The number of amides is 1. The van der Waals surface area contributed by atoms with Gasteiger partial charge in [0.1, 0.15) is 12.4 Å². The van der Waals surface area contributed by atoms with E-state index in [4.69, 9.17) is 0 Å². The zero-order chi connectivity index (χ0) is 19.9. The summed E-state index contributed by atoms with van der Waals surface area (Å²) in [5.41, 5.74) is 1.83. The van der Waals surface area contributed by atoms with Crippen molar-refractivity contribution in [2.75, 3.05) is 27.2 Å². The molecule has 0 unspecified atom stereocenters. The number of aliphatic imine (C=N–C) groups is 1. The van der Waals surface area contributed by atoms with E-state index >= 15 is 0 Å². The maximum atomic E-state index is 12.1. The molecular formula is C20H29N7O. The van der Waals surface area contributed by atoms with E-state index in [0.717, 1.165) is 62.1 Å². The van der Waals surface area contributed by atoms with Gasteiger partial charge in [-0.2, -0.15) is 0 Å². The molecule has 3 rings (SSSR count). The lowest BCUT2D eigenvalue weighted by molar-refractivity contribution is 0.0827. The van der Waals surface area contributed by atoms with Crippen molar-refractivity contribution < 1.29 is 4.79 Å². The van der Waals surface area contributed by atoms with Gasteiger partial charge in [0.25, 0.3) is 5.91 Å². The number of aryl methyl sites for hydroxylation is 1. The standard InChI is InChI=1S/C20H29N7O/c1-4-21-20(23-14-18-25-24-17-9-6-12-27(17)18)22-11-10-15-7-5-8-16(13-15)19(28)26(2)3/h5,7-8,13H,4,6,9-12,14H2,1-3H3,(H2,21,22,23). The number of rotatable bonds is 7. The summed E-state index contributed by atoms with van der Waals surface area (Å²) in [5.74, 6) is 2.76. The smallest absolute Gasteiger partial charge is 0.253 e. The van der Waals surface area contributed by atoms with E-state index in [1.165, 1.54) is 0 Å². The van der Waals surface area contributed by atoms with Gasteiger partial charge in [-0.3, -0.25) is 4.79 Å². The zero-order valence-corrected chi connectivity index (χ0v) is 16.9. The maximum absolute atomic E-state index is 12.1. The Bertz CT molecular complexity index is 841. The molecule has 1 amide bonds. The number of guanidine groups is 1. The third-order valence-electron chi connectivity index (χ3n) is 4.70. The second-order valence-electron chi connectivity index (χ2n) is 7.06. The van der Waals surface area contributed by atoms with Crippen molar-refractivity contribution in [2.24, 2.45) is 4.99 Å². The van der Waals surface area contributed by atoms with Crippen LogP contribution < -0.4 is 10.6 Å². The van der Waals surface area contributed by atoms with E-state index in [9.17, 15) is 4.79 Å². The Balaban J connectivity index is 1.56. The molecule has 2 N–H and O–H groups in total. The number of carbonyl (C=O) groups is 1. The summed E-state index contributed by atoms with van der Waals surface area (Å²) in [6.45, 7) is 5.05. The lowest BCUT2D eigenvalue weighted by Crippen LogP contribution is -2.38. The van der Waals surface area contributed by atoms with Gasteiger partial charge in [-0.1, -0.05) is 12.1 Å². The Morgan fingerprint density at radius 1 is 1.29 bits per heavy atom. The summed E-state index contributed by atoms with van der Waals surface area (Å²) in [7, 11) is 3.53. The summed E-state index contributed by atoms with van der Waals surface area (Å²) < 4.78 is 2.17. The third-order valence-corrected chi connectivity index (χ3v) is 4.70. The number of hydrogen-bond donors (Lipinski definition) is 2. The average Bonchev–Trinajstić information content (AvgIpc) is 3.30. The van der Waals surface area contributed by atoms with Crippen LogP contribution in [0.5, 0.6) is 0 Å². The summed E-state index contributed by atoms with van der Waals surface area (Å²) in [6.07, 6.45) is 2.94. The van der Waals surface area contributed by atoms with Crippen molar-refractivity contribution in [3.8, 4) is 0 Å². The number of hydrogen-bond acceptors (Lipinski definition) is 4. The van der Waals surface area contributed by atoms with Crippen LogP contribution in [0.3, 0.4) is 0 Å². The highest BCUT2D eigenvalue weighted by Crippen LogP contribution is 2.14. The van der Waals surface area contributed by atoms with Crippen molar-refractivity contribution in [1.29, 1.82) is 0 Å². The van der Waals surface area contributed by atoms with Gasteiger partial charge in [0, 0.05) is 45.7 Å². The van der Waals surface area contributed by atoms with E-state index in [1.54, 1.807) is 19.0 Å². The van der Waals surface area contributed by atoms with E-state index in [0.29, 0.717) is 12.1 Å². The summed E-state index contributed by atoms with van der Waals surface area (Å²) >= 11 is 0. The minimum absolute atomic E-state index is 0.0190. The molecule has 0 aliphatic carbocycles. The van der Waals surface area contributed by atoms with Gasteiger partial charge in [-0.25, -0.2) is 4.99 Å². The number of fused-ring (bicyclic) bond motifs is 1. The zero-order valence-electron chi connectivity index (χ0n) is 16.9. The molecule has 150 valence electrons. The van der Waals surface area contributed by atoms with Crippen LogP contribution in [0.25, 0.3) is 0 Å². The molecule has 1 aliphatic heterocycles. The number of benzene rings is 1. The number of aromatic nitrogens is 3. The molecule has 0 radical (unpaired) electrons. The molecule has 2 aromatic rings. The van der Waals surface area contributed by atoms with Crippen LogP contribution >= 0.6 is 0 Å². The van der Waals surface area contributed by atoms with Crippen LogP contribution in [0.1, 0.15) is 40.9 Å². The fourth-order valence-corrected chi connectivity index (χ4v) is 3.26. The Labute approximate surface area is 166 Å². The van der Waals surface area contributed by atoms with Gasteiger partial charge >= 0.3 is 0 Å².